The highest BCUT2D eigenvalue weighted by Gasteiger charge is 2.22. The second-order valence-electron chi connectivity index (χ2n) is 14.5. The second-order valence-corrected chi connectivity index (χ2v) is 14.5. The van der Waals surface area contributed by atoms with Crippen LogP contribution in [0.3, 0.4) is 0 Å². The van der Waals surface area contributed by atoms with Crippen LogP contribution in [0.1, 0.15) is 83.3 Å². The summed E-state index contributed by atoms with van der Waals surface area (Å²) >= 11 is 0. The second kappa shape index (κ2) is 33.6. The lowest BCUT2D eigenvalue weighted by atomic mass is 10.1. The summed E-state index contributed by atoms with van der Waals surface area (Å²) in [4.78, 5) is 99.9. The van der Waals surface area contributed by atoms with Crippen LogP contribution in [0.4, 0.5) is 11.4 Å². The Labute approximate surface area is 400 Å². The van der Waals surface area contributed by atoms with Crippen LogP contribution in [-0.4, -0.2) is 107 Å². The summed E-state index contributed by atoms with van der Waals surface area (Å²) in [7, 11) is 6.99. The van der Waals surface area contributed by atoms with E-state index in [0.717, 1.165) is 0 Å². The van der Waals surface area contributed by atoms with Crippen LogP contribution in [0.5, 0.6) is 23.0 Å². The van der Waals surface area contributed by atoms with Crippen molar-refractivity contribution in [3.63, 3.8) is 0 Å². The number of nitrogens with one attached hydrogen (secondary N) is 3. The standard InChI is InChI=1S/C21H29N3O8.C17H24N2O7.C8H10O3/c1-14(2)21(27)23-13-22-19(25)8-6-10-32-18-12-16(24(28)29)15(11-17(18)30-3)7-5-9-20(26)31-4;1-18-16(20)7-5-9-26-15-11-13(19(22)23)12(10-14(15)24-2)6-4-8-17(21)25-3;1-5(2)7(9)11-8(10)6(3)4/h11-12H,1,5-10,13H2,2-4H3,(H,22,25)(H,23,27);10-11H,4-9H2,1-3H3,(H,18,20);1,3H2,2,4H3. The highest BCUT2D eigenvalue weighted by Crippen LogP contribution is 2.37. The maximum atomic E-state index is 11.8. The largest absolute Gasteiger partial charge is 0.493 e. The lowest BCUT2D eigenvalue weighted by Gasteiger charge is -2.13. The third-order valence-electron chi connectivity index (χ3n) is 8.93. The SMILES string of the molecule is C=C(C)C(=O)NCNC(=O)CCCOc1cc([N+](=O)[O-])c(CCCC(=O)OC)cc1OC.C=C(C)C(=O)OC(=O)C(=C)C.CNC(=O)CCCOc1cc([N+](=O)[O-])c(CCCC(=O)OC)cc1OC. The molecule has 23 nitrogen and oxygen atoms in total. The van der Waals surface area contributed by atoms with Crippen LogP contribution in [0, 0.1) is 20.2 Å². The molecule has 0 aliphatic carbocycles. The topological polar surface area (TPSA) is 306 Å². The van der Waals surface area contributed by atoms with Crippen molar-refractivity contribution in [1.29, 1.82) is 0 Å². The number of aryl methyl sites for hydroxylation is 2. The Bertz CT molecular complexity index is 2150. The molecule has 0 unspecified atom stereocenters. The molecule has 69 heavy (non-hydrogen) atoms. The number of esters is 4. The smallest absolute Gasteiger partial charge is 0.340 e. The summed E-state index contributed by atoms with van der Waals surface area (Å²) < 4.78 is 35.1. The lowest BCUT2D eigenvalue weighted by Crippen LogP contribution is -2.37. The highest BCUT2D eigenvalue weighted by atomic mass is 16.6. The predicted molar refractivity (Wildman–Crippen MR) is 249 cm³/mol. The monoisotopic (exact) mass is 973 g/mol. The van der Waals surface area contributed by atoms with Gasteiger partial charge in [-0.2, -0.15) is 0 Å². The van der Waals surface area contributed by atoms with E-state index in [1.807, 2.05) is 0 Å². The van der Waals surface area contributed by atoms with Gasteiger partial charge in [-0.3, -0.25) is 44.2 Å². The first-order chi connectivity index (χ1) is 32.6. The molecule has 0 aliphatic heterocycles. The van der Waals surface area contributed by atoms with Gasteiger partial charge in [0.25, 0.3) is 11.4 Å². The molecule has 0 spiro atoms. The Hall–Kier alpha value is -7.85. The molecule has 0 heterocycles. The molecule has 3 amide bonds. The number of nitro groups is 2. The minimum absolute atomic E-state index is 0.0111. The Morgan fingerprint density at radius 3 is 1.30 bits per heavy atom. The van der Waals surface area contributed by atoms with Crippen LogP contribution in [0.15, 0.2) is 60.7 Å². The molecule has 0 aromatic heterocycles. The van der Waals surface area contributed by atoms with E-state index in [1.165, 1.54) is 60.5 Å². The van der Waals surface area contributed by atoms with Crippen molar-refractivity contribution in [2.75, 3.05) is 55.4 Å². The van der Waals surface area contributed by atoms with Crippen molar-refractivity contribution >= 4 is 53.0 Å². The molecule has 0 radical (unpaired) electrons. The normalized spacial score (nSPS) is 9.86. The molecule has 2 rings (SSSR count). The summed E-state index contributed by atoms with van der Waals surface area (Å²) in [6.45, 7) is 14.9. The van der Waals surface area contributed by atoms with Crippen LogP contribution < -0.4 is 34.9 Å². The molecular formula is C46H63N5O18. The molecule has 2 aromatic rings. The Morgan fingerprint density at radius 2 is 0.971 bits per heavy atom. The van der Waals surface area contributed by atoms with E-state index in [4.69, 9.17) is 18.9 Å². The van der Waals surface area contributed by atoms with Crippen LogP contribution in [0.2, 0.25) is 0 Å². The average molecular weight is 974 g/mol. The van der Waals surface area contributed by atoms with E-state index in [2.05, 4.69) is 49.9 Å². The zero-order valence-corrected chi connectivity index (χ0v) is 40.4. The molecule has 380 valence electrons. The van der Waals surface area contributed by atoms with Gasteiger partial charge in [-0.15, -0.1) is 0 Å². The number of benzene rings is 2. The fourth-order valence-electron chi connectivity index (χ4n) is 5.19. The minimum Gasteiger partial charge on any atom is -0.493 e. The Kier molecular flexibility index (Phi) is 29.8. The fraction of sp³-hybridized carbons (Fsp3) is 0.457. The Balaban J connectivity index is 0.00000112. The van der Waals surface area contributed by atoms with Gasteiger partial charge in [0.1, 0.15) is 0 Å². The molecule has 0 bridgehead atoms. The summed E-state index contributed by atoms with van der Waals surface area (Å²) in [6.07, 6.45) is 3.01. The van der Waals surface area contributed by atoms with Gasteiger partial charge in [-0.25, -0.2) is 9.59 Å². The molecule has 0 saturated heterocycles. The zero-order chi connectivity index (χ0) is 52.6. The first-order valence-electron chi connectivity index (χ1n) is 21.1. The van der Waals surface area contributed by atoms with Gasteiger partial charge in [0.2, 0.25) is 17.7 Å². The quantitative estimate of drug-likeness (QED) is 0.0151. The number of ether oxygens (including phenoxy) is 7. The summed E-state index contributed by atoms with van der Waals surface area (Å²) in [5, 5.41) is 30.3. The number of carbonyl (C=O) groups is 7. The number of methoxy groups -OCH3 is 4. The van der Waals surface area contributed by atoms with E-state index < -0.39 is 21.8 Å². The van der Waals surface area contributed by atoms with Gasteiger partial charge in [0.15, 0.2) is 23.0 Å². The van der Waals surface area contributed by atoms with Gasteiger partial charge in [-0.05, 0) is 71.4 Å². The molecular weight excluding hydrogens is 911 g/mol. The molecule has 0 aliphatic rings. The lowest BCUT2D eigenvalue weighted by molar-refractivity contribution is -0.385. The third kappa shape index (κ3) is 25.0. The number of carbonyl (C=O) groups excluding carboxylic acids is 7. The Morgan fingerprint density at radius 1 is 0.565 bits per heavy atom. The summed E-state index contributed by atoms with van der Waals surface area (Å²) in [6, 6.07) is 5.65. The number of nitrogens with zero attached hydrogens (tertiary/aromatic N) is 2. The van der Waals surface area contributed by atoms with Gasteiger partial charge in [0, 0.05) is 60.6 Å². The van der Waals surface area contributed by atoms with Crippen molar-refractivity contribution in [2.24, 2.45) is 0 Å². The van der Waals surface area contributed by atoms with Crippen LogP contribution in [-0.2, 0) is 60.6 Å². The van der Waals surface area contributed by atoms with E-state index >= 15 is 0 Å². The van der Waals surface area contributed by atoms with Crippen molar-refractivity contribution in [3.05, 3.63) is 92.1 Å². The van der Waals surface area contributed by atoms with Crippen molar-refractivity contribution in [3.8, 4) is 23.0 Å². The third-order valence-corrected chi connectivity index (χ3v) is 8.93. The first-order valence-corrected chi connectivity index (χ1v) is 21.1. The fourth-order valence-corrected chi connectivity index (χ4v) is 5.19. The summed E-state index contributed by atoms with van der Waals surface area (Å²) in [5.41, 5.74) is 1.35. The van der Waals surface area contributed by atoms with Crippen molar-refractivity contribution in [1.82, 2.24) is 16.0 Å². The maximum absolute atomic E-state index is 11.8. The number of hydrogen-bond acceptors (Lipinski definition) is 18. The van der Waals surface area contributed by atoms with Gasteiger partial charge >= 0.3 is 23.9 Å². The zero-order valence-electron chi connectivity index (χ0n) is 40.4. The average Bonchev–Trinajstić information content (AvgIpc) is 3.31. The van der Waals surface area contributed by atoms with Gasteiger partial charge < -0.3 is 49.1 Å². The molecule has 3 N–H and O–H groups in total. The van der Waals surface area contributed by atoms with E-state index in [1.54, 1.807) is 20.0 Å². The first kappa shape index (κ1) is 61.1. The molecule has 0 atom stereocenters. The number of hydrogen-bond donors (Lipinski definition) is 3. The summed E-state index contributed by atoms with van der Waals surface area (Å²) in [5.74, 6) is -1.80. The predicted octanol–water partition coefficient (Wildman–Crippen LogP) is 5.24. The van der Waals surface area contributed by atoms with E-state index in [-0.39, 0.29) is 103 Å². The molecule has 2 aromatic carbocycles. The maximum Gasteiger partial charge on any atom is 0.340 e. The van der Waals surface area contributed by atoms with Crippen LogP contribution in [0.25, 0.3) is 0 Å². The number of rotatable bonds is 27. The van der Waals surface area contributed by atoms with Gasteiger partial charge in [-0.1, -0.05) is 19.7 Å². The molecule has 23 heteroatoms. The molecule has 0 saturated carbocycles. The molecule has 0 fully saturated rings. The number of nitro benzene ring substituents is 2. The minimum atomic E-state index is -0.710. The van der Waals surface area contributed by atoms with Crippen molar-refractivity contribution in [2.45, 2.75) is 85.0 Å². The van der Waals surface area contributed by atoms with Gasteiger partial charge in [0.05, 0.1) is 70.3 Å². The number of amides is 3. The van der Waals surface area contributed by atoms with E-state index in [9.17, 15) is 53.8 Å². The van der Waals surface area contributed by atoms with E-state index in [0.29, 0.717) is 73.1 Å². The van der Waals surface area contributed by atoms with Crippen LogP contribution >= 0.6 is 0 Å². The van der Waals surface area contributed by atoms with Crippen molar-refractivity contribution < 1.29 is 76.6 Å². The highest BCUT2D eigenvalue weighted by molar-refractivity contribution is 6.00.